The molecule has 0 saturated carbocycles. The summed E-state index contributed by atoms with van der Waals surface area (Å²) in [7, 11) is 0. The maximum atomic E-state index is 12.6. The zero-order valence-electron chi connectivity index (χ0n) is 14.9. The summed E-state index contributed by atoms with van der Waals surface area (Å²) >= 11 is 0. The number of piperidine rings is 1. The van der Waals surface area contributed by atoms with Gasteiger partial charge in [-0.25, -0.2) is 0 Å². The fraction of sp³-hybridized carbons (Fsp3) is 0.318. The third kappa shape index (κ3) is 2.95. The molecule has 3 heteroatoms. The lowest BCUT2D eigenvalue weighted by atomic mass is 9.91. The molecule has 0 atom stereocenters. The Bertz CT molecular complexity index is 902. The average Bonchev–Trinajstić information content (AvgIpc) is 2.98. The summed E-state index contributed by atoms with van der Waals surface area (Å²) in [6.45, 7) is 6.01. The van der Waals surface area contributed by atoms with E-state index in [1.807, 2.05) is 35.2 Å². The van der Waals surface area contributed by atoms with Gasteiger partial charge in [-0.05, 0) is 56.5 Å². The molecule has 1 aliphatic rings. The zero-order chi connectivity index (χ0) is 17.4. The predicted octanol–water partition coefficient (Wildman–Crippen LogP) is 4.80. The van der Waals surface area contributed by atoms with Crippen molar-refractivity contribution in [3.63, 3.8) is 0 Å². The van der Waals surface area contributed by atoms with Crippen LogP contribution in [0.4, 0.5) is 0 Å². The number of H-pyrrole nitrogens is 1. The smallest absolute Gasteiger partial charge is 0.253 e. The molecular formula is C22H24N2O. The van der Waals surface area contributed by atoms with Crippen molar-refractivity contribution < 1.29 is 4.79 Å². The van der Waals surface area contributed by atoms with Gasteiger partial charge in [0, 0.05) is 41.2 Å². The minimum absolute atomic E-state index is 0.156. The molecule has 2 aromatic carbocycles. The van der Waals surface area contributed by atoms with Crippen LogP contribution >= 0.6 is 0 Å². The van der Waals surface area contributed by atoms with Gasteiger partial charge in [-0.3, -0.25) is 4.79 Å². The number of nitrogens with one attached hydrogen (secondary N) is 1. The number of nitrogens with zero attached hydrogens (tertiary/aromatic N) is 1. The summed E-state index contributed by atoms with van der Waals surface area (Å²) in [5.41, 5.74) is 6.03. The number of benzene rings is 2. The molecule has 3 nitrogen and oxygen atoms in total. The first-order valence-corrected chi connectivity index (χ1v) is 9.06. The first kappa shape index (κ1) is 15.9. The highest BCUT2D eigenvalue weighted by molar-refractivity contribution is 5.94. The summed E-state index contributed by atoms with van der Waals surface area (Å²) in [4.78, 5) is 18.2. The van der Waals surface area contributed by atoms with Gasteiger partial charge in [0.15, 0.2) is 0 Å². The number of amides is 1. The lowest BCUT2D eigenvalue weighted by Crippen LogP contribution is -2.38. The van der Waals surface area contributed by atoms with Crippen LogP contribution in [0.2, 0.25) is 0 Å². The number of hydrogen-bond acceptors (Lipinski definition) is 1. The van der Waals surface area contributed by atoms with Crippen LogP contribution in [-0.2, 0) is 0 Å². The quantitative estimate of drug-likeness (QED) is 0.718. The lowest BCUT2D eigenvalue weighted by molar-refractivity contribution is 0.0712. The van der Waals surface area contributed by atoms with Gasteiger partial charge < -0.3 is 9.88 Å². The molecular weight excluding hydrogens is 308 g/mol. The zero-order valence-corrected chi connectivity index (χ0v) is 14.9. The molecule has 0 spiro atoms. The van der Waals surface area contributed by atoms with Crippen molar-refractivity contribution in [1.82, 2.24) is 9.88 Å². The minimum Gasteiger partial charge on any atom is -0.358 e. The van der Waals surface area contributed by atoms with Gasteiger partial charge in [-0.15, -0.1) is 0 Å². The monoisotopic (exact) mass is 332 g/mol. The second-order valence-electron chi connectivity index (χ2n) is 7.15. The Hall–Kier alpha value is -2.55. The van der Waals surface area contributed by atoms with Crippen molar-refractivity contribution in [2.24, 2.45) is 0 Å². The predicted molar refractivity (Wildman–Crippen MR) is 102 cm³/mol. The SMILES string of the molecule is Cc1ccc2[nH]c(C3CCN(C(=O)c4ccccc4)CC3)c(C)c2c1. The van der Waals surface area contributed by atoms with Crippen molar-refractivity contribution in [2.45, 2.75) is 32.6 Å². The third-order valence-corrected chi connectivity index (χ3v) is 5.46. The van der Waals surface area contributed by atoms with Crippen LogP contribution in [0, 0.1) is 13.8 Å². The van der Waals surface area contributed by atoms with E-state index in [0.717, 1.165) is 31.5 Å². The molecule has 4 rings (SSSR count). The molecule has 2 heterocycles. The van der Waals surface area contributed by atoms with Crippen LogP contribution < -0.4 is 0 Å². The van der Waals surface area contributed by atoms with Gasteiger partial charge in [0.25, 0.3) is 5.91 Å². The van der Waals surface area contributed by atoms with Gasteiger partial charge in [0.1, 0.15) is 0 Å². The maximum absolute atomic E-state index is 12.6. The molecule has 1 aromatic heterocycles. The molecule has 0 radical (unpaired) electrons. The summed E-state index contributed by atoms with van der Waals surface area (Å²) in [5.74, 6) is 0.663. The normalized spacial score (nSPS) is 15.7. The van der Waals surface area contributed by atoms with Crippen LogP contribution in [0.3, 0.4) is 0 Å². The number of hydrogen-bond donors (Lipinski definition) is 1. The van der Waals surface area contributed by atoms with E-state index in [0.29, 0.717) is 5.92 Å². The van der Waals surface area contributed by atoms with Crippen molar-refractivity contribution in [1.29, 1.82) is 0 Å². The van der Waals surface area contributed by atoms with E-state index in [1.54, 1.807) is 0 Å². The summed E-state index contributed by atoms with van der Waals surface area (Å²) in [5, 5.41) is 1.33. The third-order valence-electron chi connectivity index (χ3n) is 5.46. The molecule has 3 aromatic rings. The van der Waals surface area contributed by atoms with E-state index in [1.165, 1.54) is 27.7 Å². The Balaban J connectivity index is 1.51. The highest BCUT2D eigenvalue weighted by Gasteiger charge is 2.26. The minimum atomic E-state index is 0.156. The number of aromatic nitrogens is 1. The topological polar surface area (TPSA) is 36.1 Å². The molecule has 1 aliphatic heterocycles. The Labute approximate surface area is 148 Å². The van der Waals surface area contributed by atoms with Crippen LogP contribution in [0.1, 0.15) is 45.9 Å². The van der Waals surface area contributed by atoms with Crippen molar-refractivity contribution in [2.75, 3.05) is 13.1 Å². The van der Waals surface area contributed by atoms with Gasteiger partial charge in [-0.2, -0.15) is 0 Å². The van der Waals surface area contributed by atoms with Gasteiger partial charge in [-0.1, -0.05) is 29.8 Å². The Morgan fingerprint density at radius 2 is 1.76 bits per heavy atom. The van der Waals surface area contributed by atoms with Gasteiger partial charge >= 0.3 is 0 Å². The summed E-state index contributed by atoms with van der Waals surface area (Å²) in [6.07, 6.45) is 2.04. The van der Waals surface area contributed by atoms with E-state index < -0.39 is 0 Å². The summed E-state index contributed by atoms with van der Waals surface area (Å²) in [6, 6.07) is 16.2. The van der Waals surface area contributed by atoms with Crippen molar-refractivity contribution >= 4 is 16.8 Å². The molecule has 128 valence electrons. The van der Waals surface area contributed by atoms with E-state index in [2.05, 4.69) is 37.0 Å². The second kappa shape index (κ2) is 6.40. The average molecular weight is 332 g/mol. The lowest BCUT2D eigenvalue weighted by Gasteiger charge is -2.32. The molecule has 1 saturated heterocycles. The molecule has 1 N–H and O–H groups in total. The number of carbonyl (C=O) groups is 1. The Morgan fingerprint density at radius 3 is 2.48 bits per heavy atom. The van der Waals surface area contributed by atoms with Gasteiger partial charge in [0.2, 0.25) is 0 Å². The standard InChI is InChI=1S/C22H24N2O/c1-15-8-9-20-19(14-15)16(2)21(23-20)17-10-12-24(13-11-17)22(25)18-6-4-3-5-7-18/h3-9,14,17,23H,10-13H2,1-2H3. The van der Waals surface area contributed by atoms with Crippen molar-refractivity contribution in [3.05, 3.63) is 70.9 Å². The number of aromatic amines is 1. The molecule has 1 fully saturated rings. The fourth-order valence-electron chi connectivity index (χ4n) is 4.00. The van der Waals surface area contributed by atoms with E-state index in [9.17, 15) is 4.79 Å². The van der Waals surface area contributed by atoms with Crippen molar-refractivity contribution in [3.8, 4) is 0 Å². The highest BCUT2D eigenvalue weighted by atomic mass is 16.2. The van der Waals surface area contributed by atoms with E-state index in [4.69, 9.17) is 0 Å². The fourth-order valence-corrected chi connectivity index (χ4v) is 4.00. The number of fused-ring (bicyclic) bond motifs is 1. The van der Waals surface area contributed by atoms with Crippen LogP contribution in [0.15, 0.2) is 48.5 Å². The van der Waals surface area contributed by atoms with Crippen LogP contribution in [0.5, 0.6) is 0 Å². The van der Waals surface area contributed by atoms with Crippen LogP contribution in [0.25, 0.3) is 10.9 Å². The largest absolute Gasteiger partial charge is 0.358 e. The molecule has 0 aliphatic carbocycles. The first-order valence-electron chi connectivity index (χ1n) is 9.06. The number of rotatable bonds is 2. The number of likely N-dealkylation sites (tertiary alicyclic amines) is 1. The molecule has 25 heavy (non-hydrogen) atoms. The van der Waals surface area contributed by atoms with E-state index in [-0.39, 0.29) is 5.91 Å². The van der Waals surface area contributed by atoms with E-state index >= 15 is 0 Å². The molecule has 0 bridgehead atoms. The maximum Gasteiger partial charge on any atom is 0.253 e. The van der Waals surface area contributed by atoms with Crippen LogP contribution in [-0.4, -0.2) is 28.9 Å². The first-order chi connectivity index (χ1) is 12.1. The summed E-state index contributed by atoms with van der Waals surface area (Å²) < 4.78 is 0. The molecule has 1 amide bonds. The number of aryl methyl sites for hydroxylation is 2. The number of carbonyl (C=O) groups excluding carboxylic acids is 1. The molecule has 0 unspecified atom stereocenters. The van der Waals surface area contributed by atoms with Gasteiger partial charge in [0.05, 0.1) is 0 Å². The Kier molecular flexibility index (Phi) is 4.08. The Morgan fingerprint density at radius 1 is 1.04 bits per heavy atom. The highest BCUT2D eigenvalue weighted by Crippen LogP contribution is 2.34. The second-order valence-corrected chi connectivity index (χ2v) is 7.15.